The summed E-state index contributed by atoms with van der Waals surface area (Å²) in [5.41, 5.74) is 2.02. The van der Waals surface area contributed by atoms with E-state index in [1.54, 1.807) is 6.07 Å². The summed E-state index contributed by atoms with van der Waals surface area (Å²) in [5, 5.41) is 4.33. The normalized spacial score (nSPS) is 13.7. The van der Waals surface area contributed by atoms with Gasteiger partial charge in [0.1, 0.15) is 0 Å². The van der Waals surface area contributed by atoms with E-state index in [2.05, 4.69) is 45.5 Å². The summed E-state index contributed by atoms with van der Waals surface area (Å²) in [6.07, 6.45) is 0.895. The van der Waals surface area contributed by atoms with Gasteiger partial charge in [0.25, 0.3) is 5.56 Å². The average Bonchev–Trinajstić information content (AvgIpc) is 2.74. The van der Waals surface area contributed by atoms with Gasteiger partial charge in [-0.1, -0.05) is 43.3 Å². The number of nitrogens with zero attached hydrogens (tertiary/aromatic N) is 1. The van der Waals surface area contributed by atoms with Crippen molar-refractivity contribution < 1.29 is 4.74 Å². The molecular weight excluding hydrogens is 338 g/mol. The van der Waals surface area contributed by atoms with Crippen LogP contribution in [0.1, 0.15) is 13.3 Å². The van der Waals surface area contributed by atoms with Crippen LogP contribution in [0.25, 0.3) is 10.9 Å². The maximum Gasteiger partial charge on any atom is 0.290 e. The van der Waals surface area contributed by atoms with Crippen molar-refractivity contribution in [2.24, 2.45) is 0 Å². The van der Waals surface area contributed by atoms with Crippen molar-refractivity contribution in [3.8, 4) is 5.75 Å². The molecule has 5 heteroatoms. The first-order chi connectivity index (χ1) is 13.3. The van der Waals surface area contributed by atoms with Gasteiger partial charge in [0.05, 0.1) is 6.61 Å². The van der Waals surface area contributed by atoms with Crippen LogP contribution < -0.4 is 20.5 Å². The number of aromatic nitrogens is 1. The first-order valence-corrected chi connectivity index (χ1v) is 9.53. The molecular formula is C22H27N3O2. The predicted molar refractivity (Wildman–Crippen MR) is 112 cm³/mol. The molecule has 0 unspecified atom stereocenters. The fraction of sp³-hybridized carbons (Fsp3) is 0.318. The van der Waals surface area contributed by atoms with E-state index in [-0.39, 0.29) is 5.56 Å². The second kappa shape index (κ2) is 9.78. The lowest BCUT2D eigenvalue weighted by atomic mass is 10.2. The summed E-state index contributed by atoms with van der Waals surface area (Å²) in [7, 11) is 0. The largest absolute Gasteiger partial charge is 0.488 e. The van der Waals surface area contributed by atoms with Crippen LogP contribution in [-0.2, 0) is 0 Å². The van der Waals surface area contributed by atoms with Crippen LogP contribution in [0, 0.1) is 0 Å². The zero-order valence-electron chi connectivity index (χ0n) is 15.8. The third-order valence-electron chi connectivity index (χ3n) is 4.42. The van der Waals surface area contributed by atoms with Crippen LogP contribution in [0.5, 0.6) is 5.75 Å². The Morgan fingerprint density at radius 3 is 2.44 bits per heavy atom. The van der Waals surface area contributed by atoms with Gasteiger partial charge in [-0.3, -0.25) is 4.79 Å². The van der Waals surface area contributed by atoms with Crippen molar-refractivity contribution in [2.45, 2.75) is 13.3 Å². The molecule has 142 valence electrons. The highest BCUT2D eigenvalue weighted by atomic mass is 16.5. The smallest absolute Gasteiger partial charge is 0.290 e. The topological polar surface area (TPSA) is 57.4 Å². The van der Waals surface area contributed by atoms with Crippen LogP contribution in [0.15, 0.2) is 65.5 Å². The molecule has 0 saturated carbocycles. The Balaban J connectivity index is 0.000000159. The van der Waals surface area contributed by atoms with Crippen LogP contribution >= 0.6 is 0 Å². The molecule has 1 saturated heterocycles. The van der Waals surface area contributed by atoms with Gasteiger partial charge >= 0.3 is 0 Å². The zero-order chi connectivity index (χ0) is 18.9. The quantitative estimate of drug-likeness (QED) is 0.744. The molecule has 2 heterocycles. The Bertz CT molecular complexity index is 887. The standard InChI is InChI=1S/C12H13NO2.C10H14N2/c1-2-7-15-11-8-9-5-3-4-6-10(9)13-12(11)14;1-2-4-10(5-3-1)12-8-6-11-7-9-12/h3-6,8H,2,7H2,1H3,(H,13,14);1-5,11H,6-9H2. The molecule has 4 rings (SSSR count). The lowest BCUT2D eigenvalue weighted by Crippen LogP contribution is -2.43. The number of fused-ring (bicyclic) bond motifs is 1. The molecule has 0 amide bonds. The number of aromatic amines is 1. The van der Waals surface area contributed by atoms with Crippen molar-refractivity contribution >= 4 is 16.6 Å². The average molecular weight is 365 g/mol. The van der Waals surface area contributed by atoms with E-state index >= 15 is 0 Å². The van der Waals surface area contributed by atoms with E-state index in [0.29, 0.717) is 12.4 Å². The lowest BCUT2D eigenvalue weighted by Gasteiger charge is -2.29. The van der Waals surface area contributed by atoms with Gasteiger partial charge in [-0.15, -0.1) is 0 Å². The summed E-state index contributed by atoms with van der Waals surface area (Å²) in [5.74, 6) is 0.399. The SMILES string of the molecule is CCCOc1cc2ccccc2[nH]c1=O.c1ccc(N2CCNCC2)cc1. The van der Waals surface area contributed by atoms with Gasteiger partial charge in [-0.2, -0.15) is 0 Å². The number of hydrogen-bond acceptors (Lipinski definition) is 4. The van der Waals surface area contributed by atoms with Crippen LogP contribution in [0.2, 0.25) is 0 Å². The highest BCUT2D eigenvalue weighted by Gasteiger charge is 2.08. The molecule has 0 bridgehead atoms. The van der Waals surface area contributed by atoms with Crippen molar-refractivity contribution in [1.82, 2.24) is 10.3 Å². The molecule has 1 aromatic heterocycles. The molecule has 2 aromatic carbocycles. The van der Waals surface area contributed by atoms with Crippen LogP contribution in [0.4, 0.5) is 5.69 Å². The first-order valence-electron chi connectivity index (χ1n) is 9.53. The maximum absolute atomic E-state index is 11.6. The highest BCUT2D eigenvalue weighted by Crippen LogP contribution is 2.14. The van der Waals surface area contributed by atoms with Gasteiger partial charge in [0.2, 0.25) is 0 Å². The van der Waals surface area contributed by atoms with Gasteiger partial charge in [0, 0.05) is 42.8 Å². The Labute approximate surface area is 160 Å². The fourth-order valence-corrected chi connectivity index (χ4v) is 3.01. The zero-order valence-corrected chi connectivity index (χ0v) is 15.8. The molecule has 0 radical (unpaired) electrons. The van der Waals surface area contributed by atoms with Crippen molar-refractivity contribution in [3.05, 3.63) is 71.0 Å². The van der Waals surface area contributed by atoms with Crippen molar-refractivity contribution in [1.29, 1.82) is 0 Å². The summed E-state index contributed by atoms with van der Waals surface area (Å²) >= 11 is 0. The van der Waals surface area contributed by atoms with Crippen LogP contribution in [0.3, 0.4) is 0 Å². The molecule has 2 N–H and O–H groups in total. The number of H-pyrrole nitrogens is 1. The van der Waals surface area contributed by atoms with Gasteiger partial charge in [-0.05, 0) is 30.7 Å². The fourth-order valence-electron chi connectivity index (χ4n) is 3.01. The minimum atomic E-state index is -0.165. The minimum Gasteiger partial charge on any atom is -0.488 e. The molecule has 0 spiro atoms. The molecule has 5 nitrogen and oxygen atoms in total. The number of pyridine rings is 1. The number of nitrogens with one attached hydrogen (secondary N) is 2. The summed E-state index contributed by atoms with van der Waals surface area (Å²) in [6, 6.07) is 20.0. The summed E-state index contributed by atoms with van der Waals surface area (Å²) in [6.45, 7) is 7.05. The van der Waals surface area contributed by atoms with Gasteiger partial charge < -0.3 is 19.9 Å². The Hall–Kier alpha value is -2.79. The van der Waals surface area contributed by atoms with E-state index in [9.17, 15) is 4.79 Å². The van der Waals surface area contributed by atoms with Crippen molar-refractivity contribution in [3.63, 3.8) is 0 Å². The molecule has 27 heavy (non-hydrogen) atoms. The Morgan fingerprint density at radius 2 is 1.70 bits per heavy atom. The van der Waals surface area contributed by atoms with E-state index in [0.717, 1.165) is 43.5 Å². The van der Waals surface area contributed by atoms with Crippen molar-refractivity contribution in [2.75, 3.05) is 37.7 Å². The number of piperazine rings is 1. The number of para-hydroxylation sites is 2. The highest BCUT2D eigenvalue weighted by molar-refractivity contribution is 5.79. The number of hydrogen-bond donors (Lipinski definition) is 2. The van der Waals surface area contributed by atoms with E-state index in [4.69, 9.17) is 4.74 Å². The summed E-state index contributed by atoms with van der Waals surface area (Å²) < 4.78 is 5.35. The monoisotopic (exact) mass is 365 g/mol. The lowest BCUT2D eigenvalue weighted by molar-refractivity contribution is 0.313. The second-order valence-electron chi connectivity index (χ2n) is 6.47. The first kappa shape index (κ1) is 19.0. The Morgan fingerprint density at radius 1 is 1.00 bits per heavy atom. The number of rotatable bonds is 4. The summed E-state index contributed by atoms with van der Waals surface area (Å²) in [4.78, 5) is 16.8. The third-order valence-corrected chi connectivity index (χ3v) is 4.42. The molecule has 1 fully saturated rings. The Kier molecular flexibility index (Phi) is 6.88. The number of benzene rings is 2. The predicted octanol–water partition coefficient (Wildman–Crippen LogP) is 3.41. The van der Waals surface area contributed by atoms with Gasteiger partial charge in [-0.25, -0.2) is 0 Å². The molecule has 3 aromatic rings. The van der Waals surface area contributed by atoms with E-state index < -0.39 is 0 Å². The van der Waals surface area contributed by atoms with E-state index in [1.807, 2.05) is 31.2 Å². The molecule has 0 atom stereocenters. The minimum absolute atomic E-state index is 0.165. The van der Waals surface area contributed by atoms with E-state index in [1.165, 1.54) is 5.69 Å². The van der Waals surface area contributed by atoms with Crippen LogP contribution in [-0.4, -0.2) is 37.8 Å². The molecule has 1 aliphatic heterocycles. The third kappa shape index (κ3) is 5.34. The maximum atomic E-state index is 11.6. The molecule has 0 aliphatic carbocycles. The van der Waals surface area contributed by atoms with Gasteiger partial charge in [0.15, 0.2) is 5.75 Å². The molecule has 1 aliphatic rings. The number of anilines is 1. The number of ether oxygens (including phenoxy) is 1. The second-order valence-corrected chi connectivity index (χ2v) is 6.47.